The van der Waals surface area contributed by atoms with Crippen LogP contribution in [0.3, 0.4) is 0 Å². The number of hydrogen-bond donors (Lipinski definition) is 1. The molecule has 0 unspecified atom stereocenters. The van der Waals surface area contributed by atoms with Gasteiger partial charge in [-0.05, 0) is 80.1 Å². The molecule has 5 heteroatoms. The lowest BCUT2D eigenvalue weighted by molar-refractivity contribution is -0.143. The zero-order valence-electron chi connectivity index (χ0n) is 15.9. The molecular weight excluding hydrogens is 336 g/mol. The van der Waals surface area contributed by atoms with E-state index in [0.29, 0.717) is 22.3 Å². The second kappa shape index (κ2) is 7.96. The zero-order valence-corrected chi connectivity index (χ0v) is 15.9. The van der Waals surface area contributed by atoms with Gasteiger partial charge < -0.3 is 10.5 Å². The number of benzene rings is 2. The van der Waals surface area contributed by atoms with Crippen molar-refractivity contribution in [3.05, 3.63) is 57.7 Å². The van der Waals surface area contributed by atoms with E-state index in [1.54, 1.807) is 45.9 Å². The first-order valence-corrected chi connectivity index (χ1v) is 8.65. The predicted octanol–water partition coefficient (Wildman–Crippen LogP) is 4.82. The Morgan fingerprint density at radius 3 is 2.27 bits per heavy atom. The first kappa shape index (κ1) is 20.0. The second-order valence-electron chi connectivity index (χ2n) is 6.64. The molecule has 1 atom stereocenters. The van der Waals surface area contributed by atoms with Crippen LogP contribution in [0.15, 0.2) is 18.2 Å². The van der Waals surface area contributed by atoms with Crippen LogP contribution in [-0.2, 0) is 9.53 Å². The minimum Gasteiger partial charge on any atom is -0.466 e. The molecule has 3 nitrogen and oxygen atoms in total. The Balaban J connectivity index is 2.56. The highest BCUT2D eigenvalue weighted by Gasteiger charge is 2.21. The van der Waals surface area contributed by atoms with Crippen LogP contribution in [0.2, 0.25) is 0 Å². The van der Waals surface area contributed by atoms with Gasteiger partial charge in [0, 0.05) is 11.6 Å². The summed E-state index contributed by atoms with van der Waals surface area (Å²) in [4.78, 5) is 11.7. The first-order valence-electron chi connectivity index (χ1n) is 8.65. The van der Waals surface area contributed by atoms with Gasteiger partial charge in [0.1, 0.15) is 11.6 Å². The summed E-state index contributed by atoms with van der Waals surface area (Å²) >= 11 is 0. The maximum Gasteiger partial charge on any atom is 0.307 e. The van der Waals surface area contributed by atoms with Gasteiger partial charge >= 0.3 is 5.97 Å². The van der Waals surface area contributed by atoms with Crippen LogP contribution in [-0.4, -0.2) is 12.6 Å². The number of carbonyl (C=O) groups is 1. The van der Waals surface area contributed by atoms with Gasteiger partial charge in [-0.3, -0.25) is 4.79 Å². The van der Waals surface area contributed by atoms with Gasteiger partial charge in [0.05, 0.1) is 13.0 Å². The van der Waals surface area contributed by atoms with Crippen LogP contribution in [0.5, 0.6) is 0 Å². The van der Waals surface area contributed by atoms with Crippen molar-refractivity contribution in [2.75, 3.05) is 6.61 Å². The molecule has 0 aliphatic heterocycles. The molecule has 140 valence electrons. The molecular formula is C21H25F2NO2. The third-order valence-electron chi connectivity index (χ3n) is 4.54. The molecule has 0 saturated heterocycles. The number of rotatable bonds is 5. The van der Waals surface area contributed by atoms with E-state index in [1.165, 1.54) is 0 Å². The highest BCUT2D eigenvalue weighted by molar-refractivity contribution is 5.74. The number of esters is 1. The molecule has 2 N–H and O–H groups in total. The largest absolute Gasteiger partial charge is 0.466 e. The van der Waals surface area contributed by atoms with Crippen molar-refractivity contribution in [3.8, 4) is 11.1 Å². The monoisotopic (exact) mass is 361 g/mol. The molecule has 26 heavy (non-hydrogen) atoms. The fourth-order valence-electron chi connectivity index (χ4n) is 3.33. The summed E-state index contributed by atoms with van der Waals surface area (Å²) in [5, 5.41) is 0. The van der Waals surface area contributed by atoms with E-state index in [2.05, 4.69) is 0 Å². The highest BCUT2D eigenvalue weighted by Crippen LogP contribution is 2.34. The van der Waals surface area contributed by atoms with Crippen LogP contribution in [0.25, 0.3) is 11.1 Å². The van der Waals surface area contributed by atoms with Crippen LogP contribution in [0.4, 0.5) is 8.78 Å². The molecule has 0 spiro atoms. The lowest BCUT2D eigenvalue weighted by Gasteiger charge is -2.18. The highest BCUT2D eigenvalue weighted by atomic mass is 19.1. The Bertz CT molecular complexity index is 847. The second-order valence-corrected chi connectivity index (χ2v) is 6.64. The Kier molecular flexibility index (Phi) is 6.13. The van der Waals surface area contributed by atoms with Crippen molar-refractivity contribution in [2.24, 2.45) is 5.73 Å². The van der Waals surface area contributed by atoms with Crippen molar-refractivity contribution in [2.45, 2.75) is 47.1 Å². The van der Waals surface area contributed by atoms with Gasteiger partial charge in [0.15, 0.2) is 0 Å². The molecule has 2 aromatic rings. The molecule has 0 aromatic heterocycles. The third-order valence-corrected chi connectivity index (χ3v) is 4.54. The summed E-state index contributed by atoms with van der Waals surface area (Å²) in [5.74, 6) is -1.20. The smallest absolute Gasteiger partial charge is 0.307 e. The van der Waals surface area contributed by atoms with E-state index >= 15 is 0 Å². The molecule has 2 rings (SSSR count). The molecule has 0 aliphatic rings. The number of halogens is 2. The Morgan fingerprint density at radius 1 is 1.04 bits per heavy atom. The van der Waals surface area contributed by atoms with Crippen molar-refractivity contribution in [1.29, 1.82) is 0 Å². The molecule has 0 fully saturated rings. The van der Waals surface area contributed by atoms with E-state index in [-0.39, 0.29) is 24.4 Å². The summed E-state index contributed by atoms with van der Waals surface area (Å²) in [6, 6.07) is 4.23. The van der Waals surface area contributed by atoms with Crippen LogP contribution < -0.4 is 5.73 Å². The van der Waals surface area contributed by atoms with E-state index in [1.807, 2.05) is 6.92 Å². The van der Waals surface area contributed by atoms with Gasteiger partial charge in [-0.1, -0.05) is 6.07 Å². The van der Waals surface area contributed by atoms with E-state index < -0.39 is 17.8 Å². The topological polar surface area (TPSA) is 52.3 Å². The summed E-state index contributed by atoms with van der Waals surface area (Å²) in [7, 11) is 0. The third kappa shape index (κ3) is 3.93. The maximum absolute atomic E-state index is 14.6. The van der Waals surface area contributed by atoms with Gasteiger partial charge in [-0.15, -0.1) is 0 Å². The molecule has 0 heterocycles. The van der Waals surface area contributed by atoms with Crippen molar-refractivity contribution in [1.82, 2.24) is 0 Å². The minimum absolute atomic E-state index is 0.117. The van der Waals surface area contributed by atoms with Crippen molar-refractivity contribution in [3.63, 3.8) is 0 Å². The number of aryl methyl sites for hydroxylation is 3. The molecule has 0 aliphatic carbocycles. The molecule has 0 amide bonds. The quantitative estimate of drug-likeness (QED) is 0.777. The summed E-state index contributed by atoms with van der Waals surface area (Å²) in [5.41, 5.74) is 10.1. The number of ether oxygens (including phenoxy) is 1. The van der Waals surface area contributed by atoms with Crippen molar-refractivity contribution < 1.29 is 18.3 Å². The lowest BCUT2D eigenvalue weighted by Crippen LogP contribution is -2.19. The van der Waals surface area contributed by atoms with E-state index in [0.717, 1.165) is 11.1 Å². The average Bonchev–Trinajstić information content (AvgIpc) is 2.55. The van der Waals surface area contributed by atoms with Crippen molar-refractivity contribution >= 4 is 5.97 Å². The van der Waals surface area contributed by atoms with Crippen LogP contribution in [0.1, 0.15) is 47.2 Å². The standard InChI is InChI=1S/C21H25F2NO2/c1-6-26-18(25)10-17(24)16-9-15(8-13(4)21(16)23)19-11(2)7-12(3)20(22)14(19)5/h7-9,17H,6,10,24H2,1-5H3/t17-/m0/s1. The fraction of sp³-hybridized carbons (Fsp3) is 0.381. The maximum atomic E-state index is 14.6. The summed E-state index contributed by atoms with van der Waals surface area (Å²) < 4.78 is 33.9. The SMILES string of the molecule is CCOC(=O)C[C@H](N)c1cc(-c2c(C)cc(C)c(F)c2C)cc(C)c1F. The fourth-order valence-corrected chi connectivity index (χ4v) is 3.33. The Labute approximate surface area is 153 Å². The van der Waals surface area contributed by atoms with E-state index in [9.17, 15) is 13.6 Å². The first-order chi connectivity index (χ1) is 12.2. The Hall–Kier alpha value is -2.27. The Morgan fingerprint density at radius 2 is 1.65 bits per heavy atom. The molecule has 0 bridgehead atoms. The van der Waals surface area contributed by atoms with Crippen LogP contribution in [0, 0.1) is 39.3 Å². The zero-order chi connectivity index (χ0) is 19.6. The molecule has 2 aromatic carbocycles. The summed E-state index contributed by atoms with van der Waals surface area (Å²) in [6.45, 7) is 8.90. The normalized spacial score (nSPS) is 12.2. The predicted molar refractivity (Wildman–Crippen MR) is 98.9 cm³/mol. The molecule has 0 radical (unpaired) electrons. The van der Waals surface area contributed by atoms with Gasteiger partial charge in [0.2, 0.25) is 0 Å². The molecule has 0 saturated carbocycles. The lowest BCUT2D eigenvalue weighted by atomic mass is 9.89. The number of hydrogen-bond acceptors (Lipinski definition) is 3. The van der Waals surface area contributed by atoms with Gasteiger partial charge in [-0.25, -0.2) is 8.78 Å². The summed E-state index contributed by atoms with van der Waals surface area (Å²) in [6.07, 6.45) is -0.117. The average molecular weight is 361 g/mol. The number of nitrogens with two attached hydrogens (primary N) is 1. The van der Waals surface area contributed by atoms with E-state index in [4.69, 9.17) is 10.5 Å². The van der Waals surface area contributed by atoms with Crippen LogP contribution >= 0.6 is 0 Å². The van der Waals surface area contributed by atoms with Gasteiger partial charge in [-0.2, -0.15) is 0 Å². The van der Waals surface area contributed by atoms with Gasteiger partial charge in [0.25, 0.3) is 0 Å². The number of carbonyl (C=O) groups excluding carboxylic acids is 1. The minimum atomic E-state index is -0.830.